The average Bonchev–Trinajstić information content (AvgIpc) is 2.67. The van der Waals surface area contributed by atoms with Gasteiger partial charge in [-0.1, -0.05) is 18.2 Å². The SMILES string of the molecule is Cc1cc(C)n(C[C@@H](O)COc2ccccc2)n1. The molecule has 18 heavy (non-hydrogen) atoms. The molecular formula is C14H18N2O2. The van der Waals surface area contributed by atoms with Crippen LogP contribution in [0.5, 0.6) is 5.75 Å². The molecule has 4 heteroatoms. The third-order valence-electron chi connectivity index (χ3n) is 2.67. The molecule has 1 atom stereocenters. The summed E-state index contributed by atoms with van der Waals surface area (Å²) < 4.78 is 7.30. The van der Waals surface area contributed by atoms with Crippen molar-refractivity contribution in [2.24, 2.45) is 0 Å². The third-order valence-corrected chi connectivity index (χ3v) is 2.67. The van der Waals surface area contributed by atoms with Gasteiger partial charge in [0.15, 0.2) is 0 Å². The average molecular weight is 246 g/mol. The topological polar surface area (TPSA) is 47.3 Å². The summed E-state index contributed by atoms with van der Waals surface area (Å²) in [5.74, 6) is 0.768. The molecule has 0 unspecified atom stereocenters. The van der Waals surface area contributed by atoms with E-state index in [1.54, 1.807) is 4.68 Å². The van der Waals surface area contributed by atoms with Crippen molar-refractivity contribution < 1.29 is 9.84 Å². The molecule has 96 valence electrons. The predicted octanol–water partition coefficient (Wildman–Crippen LogP) is 1.94. The largest absolute Gasteiger partial charge is 0.491 e. The van der Waals surface area contributed by atoms with Crippen LogP contribution in [0.2, 0.25) is 0 Å². The molecule has 0 saturated heterocycles. The zero-order valence-corrected chi connectivity index (χ0v) is 10.7. The zero-order valence-electron chi connectivity index (χ0n) is 10.7. The second kappa shape index (κ2) is 5.69. The molecule has 0 amide bonds. The number of aliphatic hydroxyl groups is 1. The van der Waals surface area contributed by atoms with Crippen molar-refractivity contribution in [1.29, 1.82) is 0 Å². The Bertz CT molecular complexity index is 494. The smallest absolute Gasteiger partial charge is 0.119 e. The van der Waals surface area contributed by atoms with Gasteiger partial charge in [-0.05, 0) is 32.0 Å². The number of hydrogen-bond acceptors (Lipinski definition) is 3. The van der Waals surface area contributed by atoms with Gasteiger partial charge in [-0.2, -0.15) is 5.10 Å². The highest BCUT2D eigenvalue weighted by atomic mass is 16.5. The number of aromatic nitrogens is 2. The van der Waals surface area contributed by atoms with Gasteiger partial charge in [0.2, 0.25) is 0 Å². The summed E-state index contributed by atoms with van der Waals surface area (Å²) in [6.07, 6.45) is -0.566. The van der Waals surface area contributed by atoms with Crippen LogP contribution in [0.15, 0.2) is 36.4 Å². The molecule has 2 aromatic rings. The molecular weight excluding hydrogens is 228 g/mol. The van der Waals surface area contributed by atoms with Crippen LogP contribution in [0.25, 0.3) is 0 Å². The Balaban J connectivity index is 1.86. The van der Waals surface area contributed by atoms with Crippen molar-refractivity contribution in [3.05, 3.63) is 47.8 Å². The minimum absolute atomic E-state index is 0.266. The number of benzene rings is 1. The lowest BCUT2D eigenvalue weighted by atomic mass is 10.3. The lowest BCUT2D eigenvalue weighted by Gasteiger charge is -2.13. The fourth-order valence-electron chi connectivity index (χ4n) is 1.82. The van der Waals surface area contributed by atoms with Gasteiger partial charge < -0.3 is 9.84 Å². The Morgan fingerprint density at radius 2 is 2.00 bits per heavy atom. The van der Waals surface area contributed by atoms with Gasteiger partial charge in [-0.15, -0.1) is 0 Å². The molecule has 1 N–H and O–H groups in total. The summed E-state index contributed by atoms with van der Waals surface area (Å²) in [5, 5.41) is 14.2. The highest BCUT2D eigenvalue weighted by molar-refractivity contribution is 5.20. The summed E-state index contributed by atoms with van der Waals surface area (Å²) in [7, 11) is 0. The molecule has 1 aromatic heterocycles. The Hall–Kier alpha value is -1.81. The van der Waals surface area contributed by atoms with E-state index in [2.05, 4.69) is 5.10 Å². The van der Waals surface area contributed by atoms with Crippen molar-refractivity contribution in [3.63, 3.8) is 0 Å². The van der Waals surface area contributed by atoms with E-state index < -0.39 is 6.10 Å². The quantitative estimate of drug-likeness (QED) is 0.877. The molecule has 0 bridgehead atoms. The van der Waals surface area contributed by atoms with Gasteiger partial charge in [-0.25, -0.2) is 0 Å². The highest BCUT2D eigenvalue weighted by Crippen LogP contribution is 2.09. The number of hydrogen-bond donors (Lipinski definition) is 1. The number of rotatable bonds is 5. The minimum Gasteiger partial charge on any atom is -0.491 e. The van der Waals surface area contributed by atoms with Gasteiger partial charge in [0, 0.05) is 5.69 Å². The molecule has 4 nitrogen and oxygen atoms in total. The standard InChI is InChI=1S/C14H18N2O2/c1-11-8-12(2)16(15-11)9-13(17)10-18-14-6-4-3-5-7-14/h3-8,13,17H,9-10H2,1-2H3/t13-/m1/s1. The predicted molar refractivity (Wildman–Crippen MR) is 69.6 cm³/mol. The maximum absolute atomic E-state index is 9.91. The normalized spacial score (nSPS) is 12.4. The summed E-state index contributed by atoms with van der Waals surface area (Å²) in [6.45, 7) is 4.63. The molecule has 0 saturated carbocycles. The minimum atomic E-state index is -0.566. The highest BCUT2D eigenvalue weighted by Gasteiger charge is 2.09. The number of aliphatic hydroxyl groups excluding tert-OH is 1. The van der Waals surface area contributed by atoms with E-state index in [4.69, 9.17) is 4.74 Å². The number of nitrogens with zero attached hydrogens (tertiary/aromatic N) is 2. The van der Waals surface area contributed by atoms with E-state index >= 15 is 0 Å². The van der Waals surface area contributed by atoms with Gasteiger partial charge >= 0.3 is 0 Å². The van der Waals surface area contributed by atoms with E-state index in [1.165, 1.54) is 0 Å². The maximum atomic E-state index is 9.91. The molecule has 0 fully saturated rings. The van der Waals surface area contributed by atoms with Crippen LogP contribution in [0.3, 0.4) is 0 Å². The lowest BCUT2D eigenvalue weighted by Crippen LogP contribution is -2.24. The van der Waals surface area contributed by atoms with Gasteiger partial charge in [-0.3, -0.25) is 4.68 Å². The number of aryl methyl sites for hydroxylation is 2. The van der Waals surface area contributed by atoms with Crippen molar-refractivity contribution in [2.75, 3.05) is 6.61 Å². The number of para-hydroxylation sites is 1. The fourth-order valence-corrected chi connectivity index (χ4v) is 1.82. The summed E-state index contributed by atoms with van der Waals surface area (Å²) >= 11 is 0. The first-order valence-corrected chi connectivity index (χ1v) is 6.02. The van der Waals surface area contributed by atoms with Crippen molar-refractivity contribution in [1.82, 2.24) is 9.78 Å². The van der Waals surface area contributed by atoms with Crippen LogP contribution in [0.1, 0.15) is 11.4 Å². The molecule has 0 aliphatic rings. The van der Waals surface area contributed by atoms with E-state index in [9.17, 15) is 5.11 Å². The van der Waals surface area contributed by atoms with Gasteiger partial charge in [0.25, 0.3) is 0 Å². The molecule has 0 aliphatic heterocycles. The van der Waals surface area contributed by atoms with Crippen LogP contribution >= 0.6 is 0 Å². The van der Waals surface area contributed by atoms with E-state index in [1.807, 2.05) is 50.2 Å². The van der Waals surface area contributed by atoms with E-state index in [0.717, 1.165) is 17.1 Å². The Kier molecular flexibility index (Phi) is 3.99. The molecule has 0 aliphatic carbocycles. The van der Waals surface area contributed by atoms with Crippen LogP contribution < -0.4 is 4.74 Å². The Labute approximate surface area is 107 Å². The first-order valence-electron chi connectivity index (χ1n) is 6.02. The first kappa shape index (κ1) is 12.6. The summed E-state index contributed by atoms with van der Waals surface area (Å²) in [5.41, 5.74) is 2.01. The van der Waals surface area contributed by atoms with Gasteiger partial charge in [0.1, 0.15) is 18.5 Å². The number of ether oxygens (including phenoxy) is 1. The zero-order chi connectivity index (χ0) is 13.0. The summed E-state index contributed by atoms with van der Waals surface area (Å²) in [4.78, 5) is 0. The molecule has 0 spiro atoms. The van der Waals surface area contributed by atoms with E-state index in [0.29, 0.717) is 6.54 Å². The maximum Gasteiger partial charge on any atom is 0.119 e. The Morgan fingerprint density at radius 1 is 1.28 bits per heavy atom. The van der Waals surface area contributed by atoms with Crippen molar-refractivity contribution in [2.45, 2.75) is 26.5 Å². The van der Waals surface area contributed by atoms with Crippen LogP contribution in [-0.2, 0) is 6.54 Å². The van der Waals surface area contributed by atoms with Crippen LogP contribution in [0.4, 0.5) is 0 Å². The lowest BCUT2D eigenvalue weighted by molar-refractivity contribution is 0.0887. The van der Waals surface area contributed by atoms with Crippen LogP contribution in [-0.4, -0.2) is 27.6 Å². The fraction of sp³-hybridized carbons (Fsp3) is 0.357. The second-order valence-electron chi connectivity index (χ2n) is 4.39. The monoisotopic (exact) mass is 246 g/mol. The Morgan fingerprint density at radius 3 is 2.61 bits per heavy atom. The van der Waals surface area contributed by atoms with E-state index in [-0.39, 0.29) is 6.61 Å². The van der Waals surface area contributed by atoms with Gasteiger partial charge in [0.05, 0.1) is 12.2 Å². The molecule has 0 radical (unpaired) electrons. The van der Waals surface area contributed by atoms with Crippen LogP contribution in [0, 0.1) is 13.8 Å². The summed E-state index contributed by atoms with van der Waals surface area (Å²) in [6, 6.07) is 11.5. The van der Waals surface area contributed by atoms with Crippen molar-refractivity contribution >= 4 is 0 Å². The molecule has 1 heterocycles. The van der Waals surface area contributed by atoms with Crippen molar-refractivity contribution in [3.8, 4) is 5.75 Å². The first-order chi connectivity index (χ1) is 8.65. The molecule has 2 rings (SSSR count). The second-order valence-corrected chi connectivity index (χ2v) is 4.39. The third kappa shape index (κ3) is 3.34. The molecule has 1 aromatic carbocycles.